The smallest absolute Gasteiger partial charge is 0.291 e. The highest BCUT2D eigenvalue weighted by molar-refractivity contribution is 7.80. The van der Waals surface area contributed by atoms with E-state index in [1.807, 2.05) is 0 Å². The predicted octanol–water partition coefficient (Wildman–Crippen LogP) is 2.48. The molecule has 2 aromatic rings. The third kappa shape index (κ3) is 2.80. The summed E-state index contributed by atoms with van der Waals surface area (Å²) in [5.41, 5.74) is 7.52. The third-order valence-corrected chi connectivity index (χ3v) is 3.04. The van der Waals surface area contributed by atoms with E-state index in [1.165, 1.54) is 13.4 Å². The molecule has 0 atom stereocenters. The fourth-order valence-electron chi connectivity index (χ4n) is 1.73. The van der Waals surface area contributed by atoms with Crippen LogP contribution in [0.15, 0.2) is 34.9 Å². The molecule has 20 heavy (non-hydrogen) atoms. The molecule has 5 nitrogen and oxygen atoms in total. The van der Waals surface area contributed by atoms with Crippen molar-refractivity contribution in [1.29, 1.82) is 0 Å². The molecule has 2 rings (SSSR count). The summed E-state index contributed by atoms with van der Waals surface area (Å²) in [5.74, 6) is 0.409. The molecule has 1 heterocycles. The zero-order chi connectivity index (χ0) is 14.7. The monoisotopic (exact) mass is 290 g/mol. The molecule has 0 aliphatic heterocycles. The first kappa shape index (κ1) is 14.1. The van der Waals surface area contributed by atoms with Gasteiger partial charge in [0.25, 0.3) is 5.91 Å². The van der Waals surface area contributed by atoms with Crippen molar-refractivity contribution < 1.29 is 13.9 Å². The second-order valence-electron chi connectivity index (χ2n) is 4.17. The van der Waals surface area contributed by atoms with Crippen LogP contribution in [0.4, 0.5) is 5.69 Å². The molecule has 6 heteroatoms. The lowest BCUT2D eigenvalue weighted by Gasteiger charge is -2.11. The van der Waals surface area contributed by atoms with Crippen LogP contribution in [0, 0.1) is 6.92 Å². The number of ether oxygens (including phenoxy) is 1. The molecular formula is C14H14N2O3S. The van der Waals surface area contributed by atoms with Crippen LogP contribution in [-0.2, 0) is 0 Å². The van der Waals surface area contributed by atoms with E-state index < -0.39 is 0 Å². The average Bonchev–Trinajstić information content (AvgIpc) is 2.85. The molecular weight excluding hydrogens is 276 g/mol. The number of aryl methyl sites for hydroxylation is 1. The Bertz CT molecular complexity index is 664. The minimum absolute atomic E-state index is 0.267. The number of anilines is 1. The first-order chi connectivity index (χ1) is 9.52. The van der Waals surface area contributed by atoms with Crippen LogP contribution in [-0.4, -0.2) is 18.0 Å². The summed E-state index contributed by atoms with van der Waals surface area (Å²) in [5, 5.41) is 2.73. The molecule has 0 aliphatic rings. The first-order valence-corrected chi connectivity index (χ1v) is 6.27. The molecule has 0 bridgehead atoms. The van der Waals surface area contributed by atoms with Crippen LogP contribution in [0.2, 0.25) is 0 Å². The Morgan fingerprint density at radius 2 is 2.15 bits per heavy atom. The minimum atomic E-state index is -0.339. The maximum atomic E-state index is 12.1. The van der Waals surface area contributed by atoms with Gasteiger partial charge in [0, 0.05) is 11.1 Å². The normalized spacial score (nSPS) is 10.1. The van der Waals surface area contributed by atoms with Crippen molar-refractivity contribution in [3.05, 3.63) is 47.4 Å². The molecule has 0 aliphatic carbocycles. The molecule has 104 valence electrons. The highest BCUT2D eigenvalue weighted by atomic mass is 32.1. The fraction of sp³-hybridized carbons (Fsp3) is 0.143. The summed E-state index contributed by atoms with van der Waals surface area (Å²) in [6.45, 7) is 1.80. The fourth-order valence-corrected chi connectivity index (χ4v) is 1.86. The number of rotatable bonds is 4. The Hall–Kier alpha value is -2.34. The highest BCUT2D eigenvalue weighted by Crippen LogP contribution is 2.26. The van der Waals surface area contributed by atoms with Crippen molar-refractivity contribution in [3.63, 3.8) is 0 Å². The van der Waals surface area contributed by atoms with E-state index in [4.69, 9.17) is 27.1 Å². The lowest BCUT2D eigenvalue weighted by molar-refractivity contribution is 0.0995. The number of methoxy groups -OCH3 is 1. The van der Waals surface area contributed by atoms with Crippen LogP contribution in [0.3, 0.4) is 0 Å². The first-order valence-electron chi connectivity index (χ1n) is 5.86. The summed E-state index contributed by atoms with van der Waals surface area (Å²) >= 11 is 4.90. The van der Waals surface area contributed by atoms with Crippen LogP contribution in [0.5, 0.6) is 5.75 Å². The van der Waals surface area contributed by atoms with Crippen molar-refractivity contribution in [2.24, 2.45) is 5.73 Å². The second-order valence-corrected chi connectivity index (χ2v) is 4.61. The van der Waals surface area contributed by atoms with E-state index in [-0.39, 0.29) is 16.7 Å². The molecule has 0 fully saturated rings. The lowest BCUT2D eigenvalue weighted by Crippen LogP contribution is -2.14. The van der Waals surface area contributed by atoms with Crippen LogP contribution in [0.25, 0.3) is 0 Å². The standard InChI is InChI=1S/C14H14N2O3S/c1-8-5-6-19-12(8)14(17)16-10-4-3-9(13(15)20)7-11(10)18-2/h3-7H,1-2H3,(H2,15,20)(H,16,17). The minimum Gasteiger partial charge on any atom is -0.495 e. The maximum Gasteiger partial charge on any atom is 0.291 e. The maximum absolute atomic E-state index is 12.1. The van der Waals surface area contributed by atoms with E-state index in [0.29, 0.717) is 17.0 Å². The lowest BCUT2D eigenvalue weighted by atomic mass is 10.2. The molecule has 0 saturated heterocycles. The van der Waals surface area contributed by atoms with Crippen molar-refractivity contribution in [3.8, 4) is 5.75 Å². The van der Waals surface area contributed by atoms with Gasteiger partial charge in [0.1, 0.15) is 10.7 Å². The number of nitrogens with one attached hydrogen (secondary N) is 1. The van der Waals surface area contributed by atoms with Gasteiger partial charge >= 0.3 is 0 Å². The van der Waals surface area contributed by atoms with Crippen LogP contribution >= 0.6 is 12.2 Å². The van der Waals surface area contributed by atoms with E-state index in [9.17, 15) is 4.79 Å². The van der Waals surface area contributed by atoms with Gasteiger partial charge in [0.2, 0.25) is 0 Å². The van der Waals surface area contributed by atoms with Crippen molar-refractivity contribution in [1.82, 2.24) is 0 Å². The summed E-state index contributed by atoms with van der Waals surface area (Å²) in [6, 6.07) is 6.80. The zero-order valence-electron chi connectivity index (χ0n) is 11.1. The molecule has 0 saturated carbocycles. The van der Waals surface area contributed by atoms with E-state index in [2.05, 4.69) is 5.32 Å². The Morgan fingerprint density at radius 3 is 2.70 bits per heavy atom. The Morgan fingerprint density at radius 1 is 1.40 bits per heavy atom. The predicted molar refractivity (Wildman–Crippen MR) is 80.3 cm³/mol. The van der Waals surface area contributed by atoms with Crippen molar-refractivity contribution in [2.75, 3.05) is 12.4 Å². The number of nitrogens with two attached hydrogens (primary N) is 1. The molecule has 1 aromatic carbocycles. The zero-order valence-corrected chi connectivity index (χ0v) is 11.9. The molecule has 0 radical (unpaired) electrons. The van der Waals surface area contributed by atoms with Crippen LogP contribution in [0.1, 0.15) is 21.7 Å². The number of thiocarbonyl (C=S) groups is 1. The number of amides is 1. The topological polar surface area (TPSA) is 77.5 Å². The quantitative estimate of drug-likeness (QED) is 0.846. The molecule has 1 amide bonds. The number of hydrogen-bond acceptors (Lipinski definition) is 4. The van der Waals surface area contributed by atoms with E-state index >= 15 is 0 Å². The SMILES string of the molecule is COc1cc(C(N)=S)ccc1NC(=O)c1occc1C. The van der Waals surface area contributed by atoms with Crippen LogP contribution < -0.4 is 15.8 Å². The molecule has 0 spiro atoms. The van der Waals surface area contributed by atoms with Gasteiger partial charge in [0.15, 0.2) is 5.76 Å². The summed E-state index contributed by atoms with van der Waals surface area (Å²) < 4.78 is 10.4. The van der Waals surface area contributed by atoms with Gasteiger partial charge in [-0.05, 0) is 31.2 Å². The molecule has 3 N–H and O–H groups in total. The highest BCUT2D eigenvalue weighted by Gasteiger charge is 2.15. The van der Waals surface area contributed by atoms with Crippen molar-refractivity contribution in [2.45, 2.75) is 6.92 Å². The second kappa shape index (κ2) is 5.75. The van der Waals surface area contributed by atoms with Gasteiger partial charge in [0.05, 0.1) is 19.1 Å². The summed E-state index contributed by atoms with van der Waals surface area (Å²) in [7, 11) is 1.51. The van der Waals surface area contributed by atoms with Gasteiger partial charge in [-0.3, -0.25) is 4.79 Å². The number of carbonyl (C=O) groups is 1. The number of furan rings is 1. The van der Waals surface area contributed by atoms with Crippen molar-refractivity contribution >= 4 is 28.8 Å². The number of carbonyl (C=O) groups excluding carboxylic acids is 1. The Kier molecular flexibility index (Phi) is 4.05. The van der Waals surface area contributed by atoms with Gasteiger partial charge in [-0.1, -0.05) is 12.2 Å². The average molecular weight is 290 g/mol. The number of benzene rings is 1. The van der Waals surface area contributed by atoms with Gasteiger partial charge in [-0.25, -0.2) is 0 Å². The van der Waals surface area contributed by atoms with E-state index in [0.717, 1.165) is 5.56 Å². The van der Waals surface area contributed by atoms with Gasteiger partial charge < -0.3 is 20.2 Å². The number of hydrogen-bond donors (Lipinski definition) is 2. The largest absolute Gasteiger partial charge is 0.495 e. The Labute approximate surface area is 121 Å². The summed E-state index contributed by atoms with van der Waals surface area (Å²) in [4.78, 5) is 12.3. The molecule has 0 unspecified atom stereocenters. The van der Waals surface area contributed by atoms with Gasteiger partial charge in [-0.15, -0.1) is 0 Å². The Balaban J connectivity index is 2.27. The van der Waals surface area contributed by atoms with Gasteiger partial charge in [-0.2, -0.15) is 0 Å². The third-order valence-electron chi connectivity index (χ3n) is 2.80. The van der Waals surface area contributed by atoms with E-state index in [1.54, 1.807) is 31.2 Å². The summed E-state index contributed by atoms with van der Waals surface area (Å²) in [6.07, 6.45) is 1.47. The molecule has 1 aromatic heterocycles.